The molecule has 0 amide bonds. The van der Waals surface area contributed by atoms with Gasteiger partial charge in [-0.25, -0.2) is 0 Å². The number of hydrogen-bond donors (Lipinski definition) is 0. The molecule has 0 heterocycles. The highest BCUT2D eigenvalue weighted by molar-refractivity contribution is 5.66. The van der Waals surface area contributed by atoms with Crippen LogP contribution in [0.15, 0.2) is 0 Å². The van der Waals surface area contributed by atoms with Crippen LogP contribution < -0.4 is 0 Å². The van der Waals surface area contributed by atoms with Crippen LogP contribution in [0, 0.1) is 10.8 Å². The maximum Gasteiger partial charge on any atom is 0.394 e. The Morgan fingerprint density at radius 1 is 1.18 bits per heavy atom. The molecule has 0 spiro atoms. The summed E-state index contributed by atoms with van der Waals surface area (Å²) in [5.41, 5.74) is -2.04. The van der Waals surface area contributed by atoms with E-state index in [1.165, 1.54) is 0 Å². The van der Waals surface area contributed by atoms with Crippen LogP contribution in [0.1, 0.15) is 19.3 Å². The van der Waals surface area contributed by atoms with Crippen LogP contribution in [-0.2, 0) is 4.79 Å². The van der Waals surface area contributed by atoms with Crippen molar-refractivity contribution in [2.45, 2.75) is 25.4 Å². The molecule has 0 aromatic rings. The standard InChI is InChI=1S/C7H7F3O/c8-7(9,10)6-1-5(2-6,3-6)4-11/h4H,1-3H2. The highest BCUT2D eigenvalue weighted by Gasteiger charge is 2.78. The van der Waals surface area contributed by atoms with E-state index in [4.69, 9.17) is 0 Å². The lowest BCUT2D eigenvalue weighted by Gasteiger charge is -2.67. The van der Waals surface area contributed by atoms with Crippen LogP contribution >= 0.6 is 0 Å². The fraction of sp³-hybridized carbons (Fsp3) is 0.857. The summed E-state index contributed by atoms with van der Waals surface area (Å²) in [6.07, 6.45) is -3.30. The molecule has 3 saturated carbocycles. The van der Waals surface area contributed by atoms with Gasteiger partial charge < -0.3 is 4.79 Å². The molecule has 0 aliphatic heterocycles. The largest absolute Gasteiger partial charge is 0.394 e. The minimum absolute atomic E-state index is 0.0347. The summed E-state index contributed by atoms with van der Waals surface area (Å²) in [4.78, 5) is 10.2. The highest BCUT2D eigenvalue weighted by Crippen LogP contribution is 2.77. The third kappa shape index (κ3) is 0.607. The van der Waals surface area contributed by atoms with Crippen molar-refractivity contribution in [2.75, 3.05) is 0 Å². The number of alkyl halides is 3. The zero-order chi connectivity index (χ0) is 8.33. The van der Waals surface area contributed by atoms with E-state index in [0.29, 0.717) is 6.29 Å². The summed E-state index contributed by atoms with van der Waals surface area (Å²) in [6, 6.07) is 0. The van der Waals surface area contributed by atoms with Crippen LogP contribution in [0.5, 0.6) is 0 Å². The van der Waals surface area contributed by atoms with E-state index in [0.717, 1.165) is 0 Å². The first kappa shape index (κ1) is 7.13. The van der Waals surface area contributed by atoms with Crippen LogP contribution in [0.25, 0.3) is 0 Å². The van der Waals surface area contributed by atoms with Crippen LogP contribution in [0.3, 0.4) is 0 Å². The van der Waals surface area contributed by atoms with Gasteiger partial charge in [0.25, 0.3) is 0 Å². The minimum Gasteiger partial charge on any atom is -0.303 e. The van der Waals surface area contributed by atoms with Gasteiger partial charge in [-0.05, 0) is 19.3 Å². The summed E-state index contributed by atoms with van der Waals surface area (Å²) >= 11 is 0. The van der Waals surface area contributed by atoms with Crippen molar-refractivity contribution in [2.24, 2.45) is 10.8 Å². The average molecular weight is 164 g/mol. The van der Waals surface area contributed by atoms with Gasteiger partial charge in [-0.1, -0.05) is 0 Å². The molecule has 0 unspecified atom stereocenters. The summed E-state index contributed by atoms with van der Waals surface area (Å²) < 4.78 is 36.3. The zero-order valence-corrected chi connectivity index (χ0v) is 5.74. The third-order valence-corrected chi connectivity index (χ3v) is 2.92. The van der Waals surface area contributed by atoms with Crippen LogP contribution in [-0.4, -0.2) is 12.5 Å². The monoisotopic (exact) mass is 164 g/mol. The molecule has 11 heavy (non-hydrogen) atoms. The number of halogens is 3. The normalized spacial score (nSPS) is 47.5. The van der Waals surface area contributed by atoms with Crippen molar-refractivity contribution in [3.05, 3.63) is 0 Å². The Labute approximate surface area is 61.6 Å². The van der Waals surface area contributed by atoms with Crippen molar-refractivity contribution >= 4 is 6.29 Å². The number of carbonyl (C=O) groups excluding carboxylic acids is 1. The van der Waals surface area contributed by atoms with E-state index >= 15 is 0 Å². The molecule has 0 N–H and O–H groups in total. The first-order valence-corrected chi connectivity index (χ1v) is 3.46. The Kier molecular flexibility index (Phi) is 0.953. The summed E-state index contributed by atoms with van der Waals surface area (Å²) in [6.45, 7) is 0. The Bertz CT molecular complexity index is 198. The molecule has 2 bridgehead atoms. The van der Waals surface area contributed by atoms with Gasteiger partial charge in [-0.2, -0.15) is 13.2 Å². The Hall–Kier alpha value is -0.540. The van der Waals surface area contributed by atoms with Crippen molar-refractivity contribution in [1.82, 2.24) is 0 Å². The summed E-state index contributed by atoms with van der Waals surface area (Å²) in [5.74, 6) is 0. The molecule has 0 aromatic carbocycles. The fourth-order valence-corrected chi connectivity index (χ4v) is 2.29. The molecular weight excluding hydrogens is 157 g/mol. The second-order valence-corrected chi connectivity index (χ2v) is 3.79. The van der Waals surface area contributed by atoms with Crippen LogP contribution in [0.4, 0.5) is 13.2 Å². The maximum absolute atomic E-state index is 12.1. The molecule has 0 atom stereocenters. The number of rotatable bonds is 1. The first-order valence-electron chi connectivity index (χ1n) is 3.46. The molecule has 3 rings (SSSR count). The van der Waals surface area contributed by atoms with Gasteiger partial charge in [0.2, 0.25) is 0 Å². The molecular formula is C7H7F3O. The maximum atomic E-state index is 12.1. The SMILES string of the molecule is O=CC12CC(C(F)(F)F)(C1)C2. The lowest BCUT2D eigenvalue weighted by molar-refractivity contribution is -0.347. The Morgan fingerprint density at radius 3 is 1.91 bits per heavy atom. The molecule has 0 radical (unpaired) electrons. The van der Waals surface area contributed by atoms with Crippen LogP contribution in [0.2, 0.25) is 0 Å². The van der Waals surface area contributed by atoms with Gasteiger partial charge in [0.1, 0.15) is 6.29 Å². The van der Waals surface area contributed by atoms with Gasteiger partial charge >= 0.3 is 6.18 Å². The first-order chi connectivity index (χ1) is 4.93. The Morgan fingerprint density at radius 2 is 1.64 bits per heavy atom. The van der Waals surface area contributed by atoms with Gasteiger partial charge in [0.05, 0.1) is 5.41 Å². The molecule has 1 nitrogen and oxygen atoms in total. The van der Waals surface area contributed by atoms with Crippen molar-refractivity contribution in [3.8, 4) is 0 Å². The van der Waals surface area contributed by atoms with Gasteiger partial charge in [-0.15, -0.1) is 0 Å². The van der Waals surface area contributed by atoms with E-state index in [-0.39, 0.29) is 19.3 Å². The number of carbonyl (C=O) groups is 1. The van der Waals surface area contributed by atoms with Crippen molar-refractivity contribution in [3.63, 3.8) is 0 Å². The second-order valence-electron chi connectivity index (χ2n) is 3.79. The molecule has 3 aliphatic carbocycles. The van der Waals surface area contributed by atoms with E-state index < -0.39 is 17.0 Å². The second kappa shape index (κ2) is 1.47. The Balaban J connectivity index is 2.10. The van der Waals surface area contributed by atoms with Gasteiger partial charge in [0, 0.05) is 5.41 Å². The quantitative estimate of drug-likeness (QED) is 0.541. The van der Waals surface area contributed by atoms with Crippen molar-refractivity contribution < 1.29 is 18.0 Å². The van der Waals surface area contributed by atoms with E-state index in [9.17, 15) is 18.0 Å². The van der Waals surface area contributed by atoms with E-state index in [1.807, 2.05) is 0 Å². The summed E-state index contributed by atoms with van der Waals surface area (Å²) in [7, 11) is 0. The highest BCUT2D eigenvalue weighted by atomic mass is 19.4. The van der Waals surface area contributed by atoms with Gasteiger partial charge in [0.15, 0.2) is 0 Å². The smallest absolute Gasteiger partial charge is 0.303 e. The number of hydrogen-bond acceptors (Lipinski definition) is 1. The molecule has 0 aromatic heterocycles. The molecule has 62 valence electrons. The lowest BCUT2D eigenvalue weighted by atomic mass is 9.35. The number of aldehydes is 1. The van der Waals surface area contributed by atoms with Crippen molar-refractivity contribution in [1.29, 1.82) is 0 Å². The summed E-state index contributed by atoms with van der Waals surface area (Å²) in [5, 5.41) is 0. The molecule has 3 fully saturated rings. The topological polar surface area (TPSA) is 17.1 Å². The molecule has 3 aliphatic rings. The predicted molar refractivity (Wildman–Crippen MR) is 30.8 cm³/mol. The van der Waals surface area contributed by atoms with E-state index in [2.05, 4.69) is 0 Å². The third-order valence-electron chi connectivity index (χ3n) is 2.92. The lowest BCUT2D eigenvalue weighted by Crippen LogP contribution is -2.68. The molecule has 0 saturated heterocycles. The fourth-order valence-electron chi connectivity index (χ4n) is 2.29. The molecule has 4 heteroatoms. The zero-order valence-electron chi connectivity index (χ0n) is 5.74. The van der Waals surface area contributed by atoms with Gasteiger partial charge in [-0.3, -0.25) is 0 Å². The minimum atomic E-state index is -4.09. The predicted octanol–water partition coefficient (Wildman–Crippen LogP) is 1.92. The average Bonchev–Trinajstić information content (AvgIpc) is 1.53. The van der Waals surface area contributed by atoms with E-state index in [1.54, 1.807) is 0 Å².